The number of benzene rings is 1. The predicted octanol–water partition coefficient (Wildman–Crippen LogP) is 2.54. The highest BCUT2D eigenvalue weighted by Gasteiger charge is 2.24. The number of rotatable bonds is 4. The van der Waals surface area contributed by atoms with E-state index in [0.717, 1.165) is 15.7 Å². The van der Waals surface area contributed by atoms with Crippen molar-refractivity contribution in [3.63, 3.8) is 0 Å². The molecule has 2 heterocycles. The maximum Gasteiger partial charge on any atom is 0.231 e. The lowest BCUT2D eigenvalue weighted by atomic mass is 10.1. The Bertz CT molecular complexity index is 682. The quantitative estimate of drug-likeness (QED) is 0.668. The topological polar surface area (TPSA) is 67.0 Å². The Balaban J connectivity index is 1.56. The first-order valence-electron chi connectivity index (χ1n) is 5.92. The second-order valence-electron chi connectivity index (χ2n) is 4.14. The van der Waals surface area contributed by atoms with Crippen LogP contribution in [0.5, 0.6) is 5.75 Å². The van der Waals surface area contributed by atoms with Gasteiger partial charge in [0.15, 0.2) is 8.29 Å². The van der Waals surface area contributed by atoms with Gasteiger partial charge in [-0.15, -0.1) is 0 Å². The van der Waals surface area contributed by atoms with Crippen molar-refractivity contribution in [2.75, 3.05) is 12.4 Å². The van der Waals surface area contributed by atoms with Crippen LogP contribution >= 0.6 is 35.3 Å². The molecule has 20 heavy (non-hydrogen) atoms. The highest BCUT2D eigenvalue weighted by atomic mass is 32.2. The maximum absolute atomic E-state index is 11.9. The number of aromatic amines is 1. The molecule has 2 N–H and O–H groups in total. The van der Waals surface area contributed by atoms with Gasteiger partial charge in [-0.2, -0.15) is 5.10 Å². The van der Waals surface area contributed by atoms with E-state index >= 15 is 0 Å². The first-order valence-corrected chi connectivity index (χ1v) is 8.13. The van der Waals surface area contributed by atoms with E-state index in [9.17, 15) is 4.79 Å². The van der Waals surface area contributed by atoms with Crippen molar-refractivity contribution >= 4 is 41.2 Å². The minimum Gasteiger partial charge on any atom is -0.491 e. The Hall–Kier alpha value is -1.38. The molecule has 3 rings (SSSR count). The van der Waals surface area contributed by atoms with Crippen LogP contribution in [-0.4, -0.2) is 28.5 Å². The minimum absolute atomic E-state index is 0.0404. The molecule has 0 aliphatic carbocycles. The number of fused-ring (bicyclic) bond motifs is 1. The van der Waals surface area contributed by atoms with Gasteiger partial charge in [0.25, 0.3) is 0 Å². The Morgan fingerprint density at radius 1 is 1.60 bits per heavy atom. The zero-order chi connectivity index (χ0) is 13.9. The second-order valence-corrected chi connectivity index (χ2v) is 7.02. The molecular formula is C12H11N3O2S3. The van der Waals surface area contributed by atoms with E-state index in [1.165, 1.54) is 23.1 Å². The van der Waals surface area contributed by atoms with E-state index in [0.29, 0.717) is 16.3 Å². The standard InChI is InChI=1S/C12H11N3O2S3/c16-10(6-19-12-15-14-11(18)20-12)13-8-5-17-9-4-2-1-3-7(8)9/h1-4,8H,5-6H2,(H,13,16)(H,14,18)/t8-/m1/s1. The number of H-pyrrole nitrogens is 1. The molecule has 0 fully saturated rings. The number of ether oxygens (including phenoxy) is 1. The van der Waals surface area contributed by atoms with Crippen molar-refractivity contribution in [2.45, 2.75) is 10.4 Å². The molecule has 0 radical (unpaired) electrons. The summed E-state index contributed by atoms with van der Waals surface area (Å²) in [5.74, 6) is 1.12. The summed E-state index contributed by atoms with van der Waals surface area (Å²) in [5, 5.41) is 9.66. The molecule has 0 unspecified atom stereocenters. The first-order chi connectivity index (χ1) is 9.72. The lowest BCUT2D eigenvalue weighted by Gasteiger charge is -2.10. The minimum atomic E-state index is -0.0725. The van der Waals surface area contributed by atoms with Crippen molar-refractivity contribution in [3.8, 4) is 5.75 Å². The molecule has 1 aromatic carbocycles. The van der Waals surface area contributed by atoms with E-state index in [1.54, 1.807) is 0 Å². The normalized spacial score (nSPS) is 16.5. The second kappa shape index (κ2) is 5.94. The number of hydrogen-bond acceptors (Lipinski definition) is 6. The van der Waals surface area contributed by atoms with Gasteiger partial charge in [0.2, 0.25) is 5.91 Å². The van der Waals surface area contributed by atoms with Gasteiger partial charge in [0, 0.05) is 5.56 Å². The van der Waals surface area contributed by atoms with E-state index in [1.807, 2.05) is 24.3 Å². The maximum atomic E-state index is 11.9. The Labute approximate surface area is 128 Å². The van der Waals surface area contributed by atoms with Gasteiger partial charge in [-0.1, -0.05) is 41.3 Å². The fourth-order valence-electron chi connectivity index (χ4n) is 1.92. The number of nitrogens with one attached hydrogen (secondary N) is 2. The summed E-state index contributed by atoms with van der Waals surface area (Å²) in [6.07, 6.45) is 0. The van der Waals surface area contributed by atoms with Crippen LogP contribution in [0.3, 0.4) is 0 Å². The molecule has 0 bridgehead atoms. The predicted molar refractivity (Wildman–Crippen MR) is 80.8 cm³/mol. The third kappa shape index (κ3) is 3.02. The van der Waals surface area contributed by atoms with Crippen molar-refractivity contribution in [1.82, 2.24) is 15.5 Å². The summed E-state index contributed by atoms with van der Waals surface area (Å²) in [6.45, 7) is 0.483. The summed E-state index contributed by atoms with van der Waals surface area (Å²) < 4.78 is 6.92. The van der Waals surface area contributed by atoms with Crippen LogP contribution in [0.15, 0.2) is 28.6 Å². The smallest absolute Gasteiger partial charge is 0.231 e. The molecule has 1 aliphatic rings. The van der Waals surface area contributed by atoms with Crippen molar-refractivity contribution in [1.29, 1.82) is 0 Å². The third-order valence-electron chi connectivity index (χ3n) is 2.78. The van der Waals surface area contributed by atoms with Crippen LogP contribution in [0.4, 0.5) is 0 Å². The Morgan fingerprint density at radius 3 is 3.25 bits per heavy atom. The summed E-state index contributed by atoms with van der Waals surface area (Å²) in [5.41, 5.74) is 1.03. The van der Waals surface area contributed by atoms with Crippen molar-refractivity contribution in [3.05, 3.63) is 33.8 Å². The Kier molecular flexibility index (Phi) is 4.04. The largest absolute Gasteiger partial charge is 0.491 e. The molecule has 2 aromatic rings. The van der Waals surface area contributed by atoms with Gasteiger partial charge in [-0.3, -0.25) is 9.89 Å². The molecule has 1 aliphatic heterocycles. The molecular weight excluding hydrogens is 314 g/mol. The summed E-state index contributed by atoms with van der Waals surface area (Å²) in [4.78, 5) is 11.9. The van der Waals surface area contributed by atoms with Crippen LogP contribution in [0.1, 0.15) is 11.6 Å². The van der Waals surface area contributed by atoms with Gasteiger partial charge in [-0.05, 0) is 18.3 Å². The van der Waals surface area contributed by atoms with Crippen LogP contribution in [0, 0.1) is 3.95 Å². The van der Waals surface area contributed by atoms with E-state index < -0.39 is 0 Å². The number of carbonyl (C=O) groups is 1. The van der Waals surface area contributed by atoms with E-state index in [2.05, 4.69) is 15.5 Å². The molecule has 1 atom stereocenters. The zero-order valence-electron chi connectivity index (χ0n) is 10.3. The van der Waals surface area contributed by atoms with Crippen LogP contribution in [0.25, 0.3) is 0 Å². The number of hydrogen-bond donors (Lipinski definition) is 2. The molecule has 8 heteroatoms. The highest BCUT2D eigenvalue weighted by Crippen LogP contribution is 2.31. The van der Waals surface area contributed by atoms with Gasteiger partial charge in [0.05, 0.1) is 11.8 Å². The number of nitrogens with zero attached hydrogens (tertiary/aromatic N) is 1. The monoisotopic (exact) mass is 325 g/mol. The van der Waals surface area contributed by atoms with Crippen LogP contribution in [0.2, 0.25) is 0 Å². The average Bonchev–Trinajstić information content (AvgIpc) is 3.04. The molecule has 1 amide bonds. The molecule has 5 nitrogen and oxygen atoms in total. The van der Waals surface area contributed by atoms with Crippen molar-refractivity contribution in [2.24, 2.45) is 0 Å². The summed E-state index contributed by atoms with van der Waals surface area (Å²) in [7, 11) is 0. The van der Waals surface area contributed by atoms with Gasteiger partial charge >= 0.3 is 0 Å². The summed E-state index contributed by atoms with van der Waals surface area (Å²) in [6, 6.07) is 7.67. The van der Waals surface area contributed by atoms with Gasteiger partial charge < -0.3 is 10.1 Å². The molecule has 104 valence electrons. The number of amides is 1. The van der Waals surface area contributed by atoms with Crippen LogP contribution < -0.4 is 10.1 Å². The van der Waals surface area contributed by atoms with Gasteiger partial charge in [0.1, 0.15) is 12.4 Å². The zero-order valence-corrected chi connectivity index (χ0v) is 12.7. The molecule has 0 saturated carbocycles. The molecule has 0 spiro atoms. The lowest BCUT2D eigenvalue weighted by Crippen LogP contribution is -2.30. The Morgan fingerprint density at radius 2 is 2.45 bits per heavy atom. The number of aromatic nitrogens is 2. The number of carbonyl (C=O) groups excluding carboxylic acids is 1. The van der Waals surface area contributed by atoms with E-state index in [4.69, 9.17) is 17.0 Å². The average molecular weight is 325 g/mol. The first kappa shape index (κ1) is 13.6. The SMILES string of the molecule is O=C(CSc1n[nH]c(=S)s1)N[C@@H]1COc2ccccc21. The number of para-hydroxylation sites is 1. The fourth-order valence-corrected chi connectivity index (χ4v) is 3.82. The molecule has 0 saturated heterocycles. The highest BCUT2D eigenvalue weighted by molar-refractivity contribution is 8.01. The summed E-state index contributed by atoms with van der Waals surface area (Å²) >= 11 is 7.68. The van der Waals surface area contributed by atoms with E-state index in [-0.39, 0.29) is 11.9 Å². The van der Waals surface area contributed by atoms with Crippen molar-refractivity contribution < 1.29 is 9.53 Å². The van der Waals surface area contributed by atoms with Crippen LogP contribution in [-0.2, 0) is 4.79 Å². The molecule has 1 aromatic heterocycles. The lowest BCUT2D eigenvalue weighted by molar-refractivity contribution is -0.119. The van der Waals surface area contributed by atoms with Gasteiger partial charge in [-0.25, -0.2) is 0 Å². The third-order valence-corrected chi connectivity index (χ3v) is 5.01. The number of thioether (sulfide) groups is 1. The fraction of sp³-hybridized carbons (Fsp3) is 0.250.